The van der Waals surface area contributed by atoms with Gasteiger partial charge >= 0.3 is 0 Å². The van der Waals surface area contributed by atoms with Gasteiger partial charge < -0.3 is 9.80 Å². The standard InChI is InChI=1S/C16H20F2N2O2/c1-11-5-7-19(8-6-11)16(22)10-20(12(2)21)13-3-4-14(17)15(18)9-13/h3-4,9,11H,5-8,10H2,1-2H3. The maximum absolute atomic E-state index is 13.3. The molecule has 22 heavy (non-hydrogen) atoms. The molecule has 2 amide bonds. The lowest BCUT2D eigenvalue weighted by molar-refractivity contribution is -0.132. The predicted molar refractivity (Wildman–Crippen MR) is 79.4 cm³/mol. The van der Waals surface area contributed by atoms with E-state index in [4.69, 9.17) is 0 Å². The first-order chi connectivity index (χ1) is 10.4. The summed E-state index contributed by atoms with van der Waals surface area (Å²) < 4.78 is 26.3. The molecular weight excluding hydrogens is 290 g/mol. The van der Waals surface area contributed by atoms with Gasteiger partial charge in [0.1, 0.15) is 6.54 Å². The van der Waals surface area contributed by atoms with Gasteiger partial charge in [0.05, 0.1) is 0 Å². The van der Waals surface area contributed by atoms with Crippen LogP contribution in [0.3, 0.4) is 0 Å². The quantitative estimate of drug-likeness (QED) is 0.861. The fraction of sp³-hybridized carbons (Fsp3) is 0.500. The second-order valence-electron chi connectivity index (χ2n) is 5.77. The lowest BCUT2D eigenvalue weighted by Crippen LogP contribution is -2.45. The molecule has 1 heterocycles. The number of carbonyl (C=O) groups is 2. The normalized spacial score (nSPS) is 15.7. The van der Waals surface area contributed by atoms with E-state index in [0.717, 1.165) is 25.0 Å². The molecule has 1 aliphatic heterocycles. The zero-order valence-corrected chi connectivity index (χ0v) is 12.8. The highest BCUT2D eigenvalue weighted by molar-refractivity contribution is 5.97. The molecule has 0 bridgehead atoms. The highest BCUT2D eigenvalue weighted by Crippen LogP contribution is 2.20. The van der Waals surface area contributed by atoms with Crippen LogP contribution in [0.4, 0.5) is 14.5 Å². The fourth-order valence-electron chi connectivity index (χ4n) is 2.53. The molecule has 1 aromatic carbocycles. The Hall–Kier alpha value is -1.98. The average molecular weight is 310 g/mol. The van der Waals surface area contributed by atoms with Crippen LogP contribution >= 0.6 is 0 Å². The van der Waals surface area contributed by atoms with E-state index in [9.17, 15) is 18.4 Å². The number of rotatable bonds is 3. The maximum Gasteiger partial charge on any atom is 0.242 e. The number of piperidine rings is 1. The minimum Gasteiger partial charge on any atom is -0.341 e. The summed E-state index contributed by atoms with van der Waals surface area (Å²) in [6.07, 6.45) is 1.88. The van der Waals surface area contributed by atoms with Gasteiger partial charge in [0.2, 0.25) is 11.8 Å². The summed E-state index contributed by atoms with van der Waals surface area (Å²) in [5.74, 6) is -1.98. The lowest BCUT2D eigenvalue weighted by Gasteiger charge is -2.32. The number of anilines is 1. The molecule has 6 heteroatoms. The van der Waals surface area contributed by atoms with E-state index in [1.165, 1.54) is 17.9 Å². The van der Waals surface area contributed by atoms with Crippen LogP contribution in [0.1, 0.15) is 26.7 Å². The SMILES string of the molecule is CC(=O)N(CC(=O)N1CCC(C)CC1)c1ccc(F)c(F)c1. The summed E-state index contributed by atoms with van der Waals surface area (Å²) in [6.45, 7) is 4.62. The molecule has 1 aromatic rings. The van der Waals surface area contributed by atoms with Gasteiger partial charge in [-0.25, -0.2) is 8.78 Å². The van der Waals surface area contributed by atoms with Crippen LogP contribution in [-0.4, -0.2) is 36.3 Å². The molecular formula is C16H20F2N2O2. The third kappa shape index (κ3) is 3.81. The molecule has 0 aromatic heterocycles. The fourth-order valence-corrected chi connectivity index (χ4v) is 2.53. The molecule has 120 valence electrons. The second-order valence-corrected chi connectivity index (χ2v) is 5.77. The van der Waals surface area contributed by atoms with E-state index in [-0.39, 0.29) is 24.0 Å². The van der Waals surface area contributed by atoms with E-state index < -0.39 is 11.6 Å². The minimum atomic E-state index is -1.04. The van der Waals surface area contributed by atoms with Crippen molar-refractivity contribution in [2.24, 2.45) is 5.92 Å². The number of likely N-dealkylation sites (tertiary alicyclic amines) is 1. The first-order valence-corrected chi connectivity index (χ1v) is 7.39. The van der Waals surface area contributed by atoms with Crippen LogP contribution in [0, 0.1) is 17.6 Å². The van der Waals surface area contributed by atoms with Crippen molar-refractivity contribution in [2.75, 3.05) is 24.5 Å². The molecule has 0 N–H and O–H groups in total. The van der Waals surface area contributed by atoms with Gasteiger partial charge in [-0.3, -0.25) is 9.59 Å². The molecule has 2 rings (SSSR count). The Kier molecular flexibility index (Phi) is 5.11. The second kappa shape index (κ2) is 6.85. The number of hydrogen-bond acceptors (Lipinski definition) is 2. The third-order valence-corrected chi connectivity index (χ3v) is 4.02. The van der Waals surface area contributed by atoms with Gasteiger partial charge in [-0.2, -0.15) is 0 Å². The molecule has 1 fully saturated rings. The van der Waals surface area contributed by atoms with Crippen LogP contribution in [0.5, 0.6) is 0 Å². The maximum atomic E-state index is 13.3. The topological polar surface area (TPSA) is 40.6 Å². The van der Waals surface area contributed by atoms with Crippen molar-refractivity contribution in [1.82, 2.24) is 4.90 Å². The van der Waals surface area contributed by atoms with Gasteiger partial charge in [-0.15, -0.1) is 0 Å². The molecule has 0 radical (unpaired) electrons. The molecule has 4 nitrogen and oxygen atoms in total. The number of hydrogen-bond donors (Lipinski definition) is 0. The summed E-state index contributed by atoms with van der Waals surface area (Å²) in [6, 6.07) is 3.18. The van der Waals surface area contributed by atoms with Crippen LogP contribution in [0.25, 0.3) is 0 Å². The van der Waals surface area contributed by atoms with Crippen molar-refractivity contribution in [2.45, 2.75) is 26.7 Å². The predicted octanol–water partition coefficient (Wildman–Crippen LogP) is 2.58. The number of benzene rings is 1. The molecule has 0 unspecified atom stereocenters. The zero-order chi connectivity index (χ0) is 16.3. The molecule has 1 saturated heterocycles. The Balaban J connectivity index is 2.10. The Morgan fingerprint density at radius 1 is 1.23 bits per heavy atom. The Bertz CT molecular complexity index is 569. The van der Waals surface area contributed by atoms with E-state index >= 15 is 0 Å². The Labute approximate surface area is 128 Å². The van der Waals surface area contributed by atoms with Gasteiger partial charge in [-0.1, -0.05) is 6.92 Å². The largest absolute Gasteiger partial charge is 0.341 e. The first-order valence-electron chi connectivity index (χ1n) is 7.39. The molecule has 0 spiro atoms. The van der Waals surface area contributed by atoms with Crippen LogP contribution < -0.4 is 4.90 Å². The molecule has 0 atom stereocenters. The average Bonchev–Trinajstić information content (AvgIpc) is 2.48. The summed E-state index contributed by atoms with van der Waals surface area (Å²) in [4.78, 5) is 26.9. The van der Waals surface area contributed by atoms with Crippen molar-refractivity contribution in [1.29, 1.82) is 0 Å². The number of nitrogens with zero attached hydrogens (tertiary/aromatic N) is 2. The monoisotopic (exact) mass is 310 g/mol. The van der Waals surface area contributed by atoms with Crippen molar-refractivity contribution < 1.29 is 18.4 Å². The van der Waals surface area contributed by atoms with Crippen molar-refractivity contribution >= 4 is 17.5 Å². The Morgan fingerprint density at radius 2 is 1.86 bits per heavy atom. The highest BCUT2D eigenvalue weighted by Gasteiger charge is 2.24. The smallest absolute Gasteiger partial charge is 0.242 e. The van der Waals surface area contributed by atoms with Crippen LogP contribution in [-0.2, 0) is 9.59 Å². The summed E-state index contributed by atoms with van der Waals surface area (Å²) >= 11 is 0. The summed E-state index contributed by atoms with van der Waals surface area (Å²) in [5.41, 5.74) is 0.185. The third-order valence-electron chi connectivity index (χ3n) is 4.02. The van der Waals surface area contributed by atoms with Crippen molar-refractivity contribution in [3.63, 3.8) is 0 Å². The van der Waals surface area contributed by atoms with Crippen molar-refractivity contribution in [3.05, 3.63) is 29.8 Å². The molecule has 1 aliphatic rings. The van der Waals surface area contributed by atoms with Crippen LogP contribution in [0.2, 0.25) is 0 Å². The number of carbonyl (C=O) groups excluding carboxylic acids is 2. The summed E-state index contributed by atoms with van der Waals surface area (Å²) in [7, 11) is 0. The summed E-state index contributed by atoms with van der Waals surface area (Å²) in [5, 5.41) is 0. The van der Waals surface area contributed by atoms with E-state index in [2.05, 4.69) is 6.92 Å². The number of amides is 2. The lowest BCUT2D eigenvalue weighted by atomic mass is 9.99. The van der Waals surface area contributed by atoms with Crippen LogP contribution in [0.15, 0.2) is 18.2 Å². The number of halogens is 2. The van der Waals surface area contributed by atoms with E-state index in [0.29, 0.717) is 19.0 Å². The van der Waals surface area contributed by atoms with Gasteiger partial charge in [0.25, 0.3) is 0 Å². The minimum absolute atomic E-state index is 0.158. The van der Waals surface area contributed by atoms with E-state index in [1.807, 2.05) is 0 Å². The Morgan fingerprint density at radius 3 is 2.41 bits per heavy atom. The van der Waals surface area contributed by atoms with E-state index in [1.54, 1.807) is 4.90 Å². The molecule has 0 aliphatic carbocycles. The van der Waals surface area contributed by atoms with Crippen molar-refractivity contribution in [3.8, 4) is 0 Å². The molecule has 0 saturated carbocycles. The van der Waals surface area contributed by atoms with Gasteiger partial charge in [0, 0.05) is 31.8 Å². The zero-order valence-electron chi connectivity index (χ0n) is 12.8. The van der Waals surface area contributed by atoms with Gasteiger partial charge in [-0.05, 0) is 30.9 Å². The first kappa shape index (κ1) is 16.4. The highest BCUT2D eigenvalue weighted by atomic mass is 19.2. The van der Waals surface area contributed by atoms with Gasteiger partial charge in [0.15, 0.2) is 11.6 Å².